The van der Waals surface area contributed by atoms with E-state index in [0.29, 0.717) is 5.41 Å². The van der Waals surface area contributed by atoms with E-state index in [1.54, 1.807) is 11.1 Å². The maximum atomic E-state index is 2.65. The van der Waals surface area contributed by atoms with Crippen molar-refractivity contribution in [3.63, 3.8) is 0 Å². The molecular weight excluding hydrogens is 470 g/mol. The molecule has 0 aliphatic heterocycles. The molecule has 0 saturated heterocycles. The first-order valence-corrected chi connectivity index (χ1v) is 16.9. The predicted molar refractivity (Wildman–Crippen MR) is 170 cm³/mol. The van der Waals surface area contributed by atoms with Gasteiger partial charge in [0.1, 0.15) is 0 Å². The zero-order valence-electron chi connectivity index (χ0n) is 26.4. The van der Waals surface area contributed by atoms with E-state index >= 15 is 0 Å². The van der Waals surface area contributed by atoms with Gasteiger partial charge in [0.2, 0.25) is 0 Å². The fraction of sp³-hybridized carbons (Fsp3) is 0.737. The molecule has 0 spiro atoms. The van der Waals surface area contributed by atoms with Crippen molar-refractivity contribution in [2.75, 3.05) is 0 Å². The maximum absolute atomic E-state index is 2.65. The molecule has 0 amide bonds. The van der Waals surface area contributed by atoms with Gasteiger partial charge in [-0.3, -0.25) is 0 Å². The molecule has 0 bridgehead atoms. The monoisotopic (exact) mass is 529 g/mol. The fourth-order valence-corrected chi connectivity index (χ4v) is 8.62. The second-order valence-electron chi connectivity index (χ2n) is 15.6. The summed E-state index contributed by atoms with van der Waals surface area (Å²) in [5, 5.41) is 0. The minimum Gasteiger partial charge on any atom is -0.327 e. The lowest BCUT2D eigenvalue weighted by Gasteiger charge is -2.42. The molecule has 1 aromatic heterocycles. The van der Waals surface area contributed by atoms with Gasteiger partial charge in [0, 0.05) is 18.1 Å². The highest BCUT2D eigenvalue weighted by molar-refractivity contribution is 5.69. The van der Waals surface area contributed by atoms with Crippen molar-refractivity contribution in [2.45, 2.75) is 131 Å². The third-order valence-corrected chi connectivity index (χ3v) is 11.8. The topological polar surface area (TPSA) is 4.93 Å². The first kappa shape index (κ1) is 29.0. The Balaban J connectivity index is 1.30. The highest BCUT2D eigenvalue weighted by atomic mass is 15.0. The van der Waals surface area contributed by atoms with Crippen LogP contribution in [0.15, 0.2) is 42.3 Å². The second kappa shape index (κ2) is 12.6. The lowest BCUT2D eigenvalue weighted by molar-refractivity contribution is 0.105. The Morgan fingerprint density at radius 3 is 2.21 bits per heavy atom. The molecule has 39 heavy (non-hydrogen) atoms. The van der Waals surface area contributed by atoms with Crippen LogP contribution in [-0.4, -0.2) is 4.57 Å². The SMILES string of the molecule is CC1CC=C(n2ccc(C3=CC=C(C(CC4CCC(C)CC4)[C@H](C)C4CCC(C(C)(C)C)CC4)CC3)c2)CC1. The van der Waals surface area contributed by atoms with E-state index in [1.807, 2.05) is 0 Å². The quantitative estimate of drug-likeness (QED) is 0.331. The van der Waals surface area contributed by atoms with Crippen molar-refractivity contribution in [2.24, 2.45) is 46.8 Å². The highest BCUT2D eigenvalue weighted by Crippen LogP contribution is 2.47. The molecule has 1 heteroatoms. The molecule has 1 nitrogen and oxygen atoms in total. The van der Waals surface area contributed by atoms with Crippen LogP contribution in [0.4, 0.5) is 0 Å². The summed E-state index contributed by atoms with van der Waals surface area (Å²) in [4.78, 5) is 0. The molecule has 3 atom stereocenters. The van der Waals surface area contributed by atoms with Gasteiger partial charge in [0.15, 0.2) is 0 Å². The molecule has 0 N–H and O–H groups in total. The van der Waals surface area contributed by atoms with Crippen LogP contribution in [-0.2, 0) is 0 Å². The van der Waals surface area contributed by atoms with Crippen LogP contribution in [0.3, 0.4) is 0 Å². The number of nitrogens with zero attached hydrogens (tertiary/aromatic N) is 1. The van der Waals surface area contributed by atoms with Gasteiger partial charge in [-0.05, 0) is 128 Å². The number of hydrogen-bond donors (Lipinski definition) is 0. The van der Waals surface area contributed by atoms with Crippen molar-refractivity contribution in [1.82, 2.24) is 4.57 Å². The van der Waals surface area contributed by atoms with Gasteiger partial charge in [0.05, 0.1) is 0 Å². The Kier molecular flexibility index (Phi) is 9.35. The average Bonchev–Trinajstić information content (AvgIpc) is 3.43. The normalized spacial score (nSPS) is 32.2. The van der Waals surface area contributed by atoms with E-state index in [-0.39, 0.29) is 0 Å². The van der Waals surface area contributed by atoms with Gasteiger partial charge in [-0.2, -0.15) is 0 Å². The number of allylic oxidation sites excluding steroid dienone is 6. The first-order valence-electron chi connectivity index (χ1n) is 16.9. The summed E-state index contributed by atoms with van der Waals surface area (Å²) >= 11 is 0. The fourth-order valence-electron chi connectivity index (χ4n) is 8.62. The third kappa shape index (κ3) is 7.23. The molecular formula is C38H59N. The summed E-state index contributed by atoms with van der Waals surface area (Å²) in [5.74, 6) is 6.19. The number of rotatable bonds is 7. The van der Waals surface area contributed by atoms with Crippen LogP contribution in [0.1, 0.15) is 137 Å². The van der Waals surface area contributed by atoms with Gasteiger partial charge in [-0.25, -0.2) is 0 Å². The summed E-state index contributed by atoms with van der Waals surface area (Å²) in [5.41, 5.74) is 6.75. The Morgan fingerprint density at radius 2 is 1.59 bits per heavy atom. The van der Waals surface area contributed by atoms with Gasteiger partial charge >= 0.3 is 0 Å². The Bertz CT molecular complexity index is 1030. The minimum absolute atomic E-state index is 0.477. The summed E-state index contributed by atoms with van der Waals surface area (Å²) < 4.78 is 2.41. The zero-order chi connectivity index (χ0) is 27.6. The lowest BCUT2D eigenvalue weighted by atomic mass is 9.63. The van der Waals surface area contributed by atoms with Crippen LogP contribution in [0.25, 0.3) is 11.3 Å². The minimum atomic E-state index is 0.477. The summed E-state index contributed by atoms with van der Waals surface area (Å²) in [6, 6.07) is 2.36. The maximum Gasteiger partial charge on any atom is 0.0181 e. The van der Waals surface area contributed by atoms with Crippen molar-refractivity contribution in [1.29, 1.82) is 0 Å². The van der Waals surface area contributed by atoms with E-state index in [2.05, 4.69) is 82.8 Å². The van der Waals surface area contributed by atoms with E-state index < -0.39 is 0 Å². The molecule has 1 heterocycles. The van der Waals surface area contributed by atoms with Gasteiger partial charge in [0.25, 0.3) is 0 Å². The molecule has 0 radical (unpaired) electrons. The van der Waals surface area contributed by atoms with Crippen molar-refractivity contribution in [3.05, 3.63) is 47.8 Å². The van der Waals surface area contributed by atoms with Gasteiger partial charge in [-0.1, -0.05) is 91.0 Å². The van der Waals surface area contributed by atoms with Crippen LogP contribution in [0, 0.1) is 46.8 Å². The second-order valence-corrected chi connectivity index (χ2v) is 15.6. The Morgan fingerprint density at radius 1 is 0.846 bits per heavy atom. The molecule has 2 saturated carbocycles. The van der Waals surface area contributed by atoms with Crippen molar-refractivity contribution >= 4 is 11.3 Å². The van der Waals surface area contributed by atoms with E-state index in [1.165, 1.54) is 101 Å². The van der Waals surface area contributed by atoms with Crippen LogP contribution >= 0.6 is 0 Å². The van der Waals surface area contributed by atoms with Crippen molar-refractivity contribution < 1.29 is 0 Å². The standard InChI is InChI=1S/C38H59N/c1-27-7-11-30(12-8-27)25-37(29(3)31-17-19-35(20-18-31)38(4,5)6)33-15-13-32(14-16-33)34-23-24-39(26-34)36-21-9-28(2)10-22-36/h13,15,21,23-24,26-31,35,37H,7-12,14,16-20,22,25H2,1-6H3/t27?,28?,29-,30?,31?,35?,37?/m1/s1. The molecule has 1 aromatic rings. The van der Waals surface area contributed by atoms with Crippen molar-refractivity contribution in [3.8, 4) is 0 Å². The molecule has 4 aliphatic carbocycles. The summed E-state index contributed by atoms with van der Waals surface area (Å²) in [6.45, 7) is 14.9. The molecule has 216 valence electrons. The smallest absolute Gasteiger partial charge is 0.0181 e. The largest absolute Gasteiger partial charge is 0.327 e. The van der Waals surface area contributed by atoms with E-state index in [9.17, 15) is 0 Å². The summed E-state index contributed by atoms with van der Waals surface area (Å²) in [7, 11) is 0. The van der Waals surface area contributed by atoms with Gasteiger partial charge in [-0.15, -0.1) is 0 Å². The lowest BCUT2D eigenvalue weighted by Crippen LogP contribution is -2.32. The van der Waals surface area contributed by atoms with Crippen LogP contribution in [0.2, 0.25) is 0 Å². The zero-order valence-corrected chi connectivity index (χ0v) is 26.4. The molecule has 5 rings (SSSR count). The van der Waals surface area contributed by atoms with Crippen LogP contribution in [0.5, 0.6) is 0 Å². The molecule has 0 aromatic carbocycles. The van der Waals surface area contributed by atoms with E-state index in [4.69, 9.17) is 0 Å². The van der Waals surface area contributed by atoms with E-state index in [0.717, 1.165) is 41.4 Å². The number of aromatic nitrogens is 1. The Hall–Kier alpha value is -1.50. The number of hydrogen-bond acceptors (Lipinski definition) is 0. The molecule has 2 fully saturated rings. The molecule has 4 aliphatic rings. The predicted octanol–water partition coefficient (Wildman–Crippen LogP) is 11.6. The molecule has 2 unspecified atom stereocenters. The third-order valence-electron chi connectivity index (χ3n) is 11.8. The summed E-state index contributed by atoms with van der Waals surface area (Å²) in [6.07, 6.45) is 31.6. The Labute approximate surface area is 241 Å². The highest BCUT2D eigenvalue weighted by Gasteiger charge is 2.36. The average molecular weight is 530 g/mol. The van der Waals surface area contributed by atoms with Gasteiger partial charge < -0.3 is 4.57 Å². The van der Waals surface area contributed by atoms with Crippen LogP contribution < -0.4 is 0 Å². The first-order chi connectivity index (χ1) is 18.7.